The Balaban J connectivity index is 1.98. The summed E-state index contributed by atoms with van der Waals surface area (Å²) in [7, 11) is 0. The molecule has 0 amide bonds. The summed E-state index contributed by atoms with van der Waals surface area (Å²) < 4.78 is 36.6. The monoisotopic (exact) mass is 265 g/mol. The number of alkyl halides is 3. The van der Waals surface area contributed by atoms with Gasteiger partial charge in [-0.3, -0.25) is 0 Å². The van der Waals surface area contributed by atoms with Crippen molar-refractivity contribution >= 4 is 27.8 Å². The second-order valence-corrected chi connectivity index (χ2v) is 4.65. The van der Waals surface area contributed by atoms with Gasteiger partial charge in [0.15, 0.2) is 0 Å². The predicted molar refractivity (Wildman–Crippen MR) is 56.6 cm³/mol. The Morgan fingerprint density at radius 2 is 2.12 bits per heavy atom. The van der Waals surface area contributed by atoms with Crippen LogP contribution in [0.5, 0.6) is 0 Å². The molecule has 0 bridgehead atoms. The highest BCUT2D eigenvalue weighted by molar-refractivity contribution is 7.15. The van der Waals surface area contributed by atoms with Crippen LogP contribution in [-0.4, -0.2) is 10.2 Å². The summed E-state index contributed by atoms with van der Waals surface area (Å²) >= 11 is 2.04. The molecule has 1 N–H and O–H groups in total. The summed E-state index contributed by atoms with van der Waals surface area (Å²) in [6.07, 6.45) is -4.42. The number of nitrogens with one attached hydrogen (secondary N) is 1. The first-order chi connectivity index (χ1) is 7.55. The third-order valence-electron chi connectivity index (χ3n) is 1.69. The van der Waals surface area contributed by atoms with Crippen molar-refractivity contribution in [2.75, 3.05) is 5.32 Å². The third-order valence-corrected chi connectivity index (χ3v) is 3.35. The molecule has 0 aliphatic rings. The van der Waals surface area contributed by atoms with Crippen molar-refractivity contribution in [2.24, 2.45) is 0 Å². The zero-order valence-electron chi connectivity index (χ0n) is 7.78. The van der Waals surface area contributed by atoms with E-state index in [2.05, 4.69) is 15.5 Å². The highest BCUT2D eigenvalue weighted by Gasteiger charge is 2.35. The predicted octanol–water partition coefficient (Wildman–Crippen LogP) is 3.23. The molecule has 0 saturated heterocycles. The van der Waals surface area contributed by atoms with E-state index in [-0.39, 0.29) is 5.13 Å². The van der Waals surface area contributed by atoms with Crippen LogP contribution in [0.1, 0.15) is 10.6 Å². The molecule has 0 atom stereocenters. The van der Waals surface area contributed by atoms with E-state index < -0.39 is 11.2 Å². The molecule has 8 heteroatoms. The normalized spacial score (nSPS) is 11.7. The highest BCUT2D eigenvalue weighted by atomic mass is 32.1. The first kappa shape index (κ1) is 11.3. The van der Waals surface area contributed by atoms with E-state index in [1.807, 2.05) is 16.8 Å². The molecule has 2 aromatic heterocycles. The summed E-state index contributed by atoms with van der Waals surface area (Å²) in [4.78, 5) is 0. The Kier molecular flexibility index (Phi) is 3.10. The Morgan fingerprint density at radius 3 is 2.69 bits per heavy atom. The van der Waals surface area contributed by atoms with E-state index >= 15 is 0 Å². The fraction of sp³-hybridized carbons (Fsp3) is 0.250. The van der Waals surface area contributed by atoms with Gasteiger partial charge in [-0.1, -0.05) is 11.3 Å². The number of nitrogens with zero attached hydrogens (tertiary/aromatic N) is 2. The number of hydrogen-bond donors (Lipinski definition) is 1. The maximum Gasteiger partial charge on any atom is 0.445 e. The largest absolute Gasteiger partial charge is 0.445 e. The van der Waals surface area contributed by atoms with Crippen LogP contribution in [0.4, 0.5) is 18.3 Å². The fourth-order valence-electron chi connectivity index (χ4n) is 0.980. The van der Waals surface area contributed by atoms with E-state index in [0.717, 1.165) is 5.56 Å². The van der Waals surface area contributed by atoms with Crippen LogP contribution in [0.3, 0.4) is 0 Å². The van der Waals surface area contributed by atoms with Crippen molar-refractivity contribution < 1.29 is 13.2 Å². The van der Waals surface area contributed by atoms with E-state index in [1.165, 1.54) is 11.3 Å². The van der Waals surface area contributed by atoms with Gasteiger partial charge in [0, 0.05) is 6.54 Å². The minimum atomic E-state index is -4.42. The first-order valence-corrected chi connectivity index (χ1v) is 5.97. The van der Waals surface area contributed by atoms with Crippen molar-refractivity contribution in [1.29, 1.82) is 0 Å². The molecule has 16 heavy (non-hydrogen) atoms. The number of thiophene rings is 1. The number of aromatic nitrogens is 2. The average molecular weight is 265 g/mol. The molecule has 2 aromatic rings. The topological polar surface area (TPSA) is 37.8 Å². The highest BCUT2D eigenvalue weighted by Crippen LogP contribution is 2.33. The molecule has 0 spiro atoms. The SMILES string of the molecule is FC(F)(F)c1nnc(NCc2ccsc2)s1. The molecule has 0 fully saturated rings. The Morgan fingerprint density at radius 1 is 1.31 bits per heavy atom. The molecule has 0 unspecified atom stereocenters. The van der Waals surface area contributed by atoms with Gasteiger partial charge in [0.25, 0.3) is 0 Å². The van der Waals surface area contributed by atoms with Gasteiger partial charge in [-0.2, -0.15) is 24.5 Å². The summed E-state index contributed by atoms with van der Waals surface area (Å²) in [5.41, 5.74) is 1.01. The van der Waals surface area contributed by atoms with Gasteiger partial charge in [-0.25, -0.2) is 0 Å². The van der Waals surface area contributed by atoms with Gasteiger partial charge in [-0.15, -0.1) is 10.2 Å². The van der Waals surface area contributed by atoms with Gasteiger partial charge < -0.3 is 5.32 Å². The van der Waals surface area contributed by atoms with Crippen molar-refractivity contribution in [3.63, 3.8) is 0 Å². The quantitative estimate of drug-likeness (QED) is 0.925. The van der Waals surface area contributed by atoms with Crippen molar-refractivity contribution in [3.05, 3.63) is 27.4 Å². The van der Waals surface area contributed by atoms with Crippen LogP contribution in [0.2, 0.25) is 0 Å². The van der Waals surface area contributed by atoms with Crippen molar-refractivity contribution in [1.82, 2.24) is 10.2 Å². The Bertz CT molecular complexity index is 449. The maximum absolute atomic E-state index is 12.2. The van der Waals surface area contributed by atoms with Crippen LogP contribution < -0.4 is 5.32 Å². The Hall–Kier alpha value is -1.15. The van der Waals surface area contributed by atoms with Crippen LogP contribution >= 0.6 is 22.7 Å². The molecular formula is C8H6F3N3S2. The zero-order chi connectivity index (χ0) is 11.6. The first-order valence-electron chi connectivity index (χ1n) is 4.21. The van der Waals surface area contributed by atoms with Gasteiger partial charge >= 0.3 is 6.18 Å². The lowest BCUT2D eigenvalue weighted by atomic mass is 10.3. The van der Waals surface area contributed by atoms with Crippen molar-refractivity contribution in [3.8, 4) is 0 Å². The number of halogens is 3. The molecule has 0 radical (unpaired) electrons. The Labute approximate surface area is 97.0 Å². The standard InChI is InChI=1S/C8H6F3N3S2/c9-8(10,11)6-13-14-7(16-6)12-3-5-1-2-15-4-5/h1-2,4H,3H2,(H,12,14). The molecular weight excluding hydrogens is 259 g/mol. The summed E-state index contributed by atoms with van der Waals surface area (Å²) in [5, 5.41) is 12.4. The second-order valence-electron chi connectivity index (χ2n) is 2.90. The lowest BCUT2D eigenvalue weighted by molar-refractivity contribution is -0.138. The van der Waals surface area contributed by atoms with E-state index in [4.69, 9.17) is 0 Å². The minimum absolute atomic E-state index is 0.179. The van der Waals surface area contributed by atoms with Crippen LogP contribution in [0.25, 0.3) is 0 Å². The lowest BCUT2D eigenvalue weighted by Gasteiger charge is -1.99. The third kappa shape index (κ3) is 2.70. The van der Waals surface area contributed by atoms with E-state index in [9.17, 15) is 13.2 Å². The summed E-state index contributed by atoms with van der Waals surface area (Å²) in [5.74, 6) is 0. The second kappa shape index (κ2) is 4.38. The number of rotatable bonds is 3. The van der Waals surface area contributed by atoms with Crippen LogP contribution in [-0.2, 0) is 12.7 Å². The summed E-state index contributed by atoms with van der Waals surface area (Å²) in [6.45, 7) is 0.454. The van der Waals surface area contributed by atoms with Gasteiger partial charge in [0.1, 0.15) is 0 Å². The molecule has 0 aromatic carbocycles. The maximum atomic E-state index is 12.2. The van der Waals surface area contributed by atoms with Gasteiger partial charge in [0.05, 0.1) is 0 Å². The molecule has 0 aliphatic carbocycles. The average Bonchev–Trinajstić information content (AvgIpc) is 2.85. The minimum Gasteiger partial charge on any atom is -0.356 e. The lowest BCUT2D eigenvalue weighted by Crippen LogP contribution is -2.03. The molecule has 2 heterocycles. The molecule has 0 aliphatic heterocycles. The fourth-order valence-corrected chi connectivity index (χ4v) is 2.26. The molecule has 86 valence electrons. The van der Waals surface area contributed by atoms with Gasteiger partial charge in [-0.05, 0) is 22.4 Å². The van der Waals surface area contributed by atoms with E-state index in [0.29, 0.717) is 17.9 Å². The molecule has 0 saturated carbocycles. The molecule has 3 nitrogen and oxygen atoms in total. The van der Waals surface area contributed by atoms with Crippen LogP contribution in [0.15, 0.2) is 16.8 Å². The van der Waals surface area contributed by atoms with E-state index in [1.54, 1.807) is 0 Å². The number of hydrogen-bond acceptors (Lipinski definition) is 5. The summed E-state index contributed by atoms with van der Waals surface area (Å²) in [6, 6.07) is 1.89. The van der Waals surface area contributed by atoms with Gasteiger partial charge in [0.2, 0.25) is 10.1 Å². The zero-order valence-corrected chi connectivity index (χ0v) is 9.42. The number of anilines is 1. The van der Waals surface area contributed by atoms with Crippen molar-refractivity contribution in [2.45, 2.75) is 12.7 Å². The van der Waals surface area contributed by atoms with Crippen LogP contribution in [0, 0.1) is 0 Å². The molecule has 2 rings (SSSR count). The smallest absolute Gasteiger partial charge is 0.356 e.